The molecule has 0 spiro atoms. The van der Waals surface area contributed by atoms with Crippen molar-refractivity contribution in [1.82, 2.24) is 0 Å². The summed E-state index contributed by atoms with van der Waals surface area (Å²) in [6.07, 6.45) is 21.5. The molecule has 1 rings (SSSR count). The molecular weight excluding hydrogens is 422 g/mol. The number of aliphatic carboxylic acids is 1. The fourth-order valence-corrected chi connectivity index (χ4v) is 4.23. The molecule has 0 saturated heterocycles. The number of carbonyl (C=O) groups is 1. The highest BCUT2D eigenvalue weighted by molar-refractivity contribution is 5.71. The molecule has 0 amide bonds. The van der Waals surface area contributed by atoms with Crippen molar-refractivity contribution in [3.8, 4) is 0 Å². The summed E-state index contributed by atoms with van der Waals surface area (Å²) in [7, 11) is 4.87. The lowest BCUT2D eigenvalue weighted by atomic mass is 10.1. The number of unbranched alkanes of at least 4 members (excludes halogenated alkanes) is 14. The Labute approximate surface area is 211 Å². The van der Waals surface area contributed by atoms with Gasteiger partial charge in [-0.25, -0.2) is 0 Å². The van der Waals surface area contributed by atoms with Crippen molar-refractivity contribution in [2.75, 3.05) is 27.2 Å². The lowest BCUT2D eigenvalue weighted by Crippen LogP contribution is -2.41. The van der Waals surface area contributed by atoms with Gasteiger partial charge in [-0.15, -0.1) is 0 Å². The van der Waals surface area contributed by atoms with Gasteiger partial charge in [-0.2, -0.15) is 0 Å². The largest absolute Gasteiger partial charge is 0.547 e. The summed E-state index contributed by atoms with van der Waals surface area (Å²) in [4.78, 5) is 10.1. The van der Waals surface area contributed by atoms with E-state index in [-0.39, 0.29) is 0 Å². The molecule has 1 atom stereocenters. The smallest absolute Gasteiger partial charge is 0.118 e. The highest BCUT2D eigenvalue weighted by Gasteiger charge is 2.13. The monoisotopic (exact) mass is 477 g/mol. The molecule has 0 bridgehead atoms. The number of carbonyl (C=O) groups excluding carboxylic acids is 1. The summed E-state index contributed by atoms with van der Waals surface area (Å²) in [5.41, 5.74) is 0.340. The van der Waals surface area contributed by atoms with Crippen molar-refractivity contribution in [2.45, 2.75) is 123 Å². The number of nitrogens with zero attached hydrogens (tertiary/aromatic N) is 1. The third kappa shape index (κ3) is 20.0. The van der Waals surface area contributed by atoms with E-state index in [0.29, 0.717) is 5.56 Å². The molecule has 0 aliphatic carbocycles. The number of carboxylic acids is 1. The van der Waals surface area contributed by atoms with Crippen LogP contribution >= 0.6 is 0 Å². The van der Waals surface area contributed by atoms with Gasteiger partial charge in [0.25, 0.3) is 0 Å². The third-order valence-electron chi connectivity index (χ3n) is 6.57. The molecule has 4 heteroatoms. The van der Waals surface area contributed by atoms with E-state index in [1.165, 1.54) is 132 Å². The number of quaternary nitrogens is 1. The maximum Gasteiger partial charge on any atom is 0.118 e. The Morgan fingerprint density at radius 3 is 1.41 bits per heavy atom. The molecule has 34 heavy (non-hydrogen) atoms. The molecule has 0 aromatic heterocycles. The zero-order chi connectivity index (χ0) is 25.5. The van der Waals surface area contributed by atoms with Crippen LogP contribution in [0.1, 0.15) is 128 Å². The van der Waals surface area contributed by atoms with Gasteiger partial charge in [0.2, 0.25) is 0 Å². The quantitative estimate of drug-likeness (QED) is 0.166. The molecule has 0 radical (unpaired) electrons. The van der Waals surface area contributed by atoms with Crippen molar-refractivity contribution in [2.24, 2.45) is 0 Å². The molecule has 0 aliphatic rings. The third-order valence-corrected chi connectivity index (χ3v) is 6.57. The fourth-order valence-electron chi connectivity index (χ4n) is 4.23. The minimum atomic E-state index is -1.52. The van der Waals surface area contributed by atoms with Crippen LogP contribution in [-0.4, -0.2) is 42.7 Å². The predicted molar refractivity (Wildman–Crippen MR) is 143 cm³/mol. The second kappa shape index (κ2) is 22.1. The van der Waals surface area contributed by atoms with E-state index in [0.717, 1.165) is 0 Å². The molecular formula is C30H55NO3. The lowest BCUT2D eigenvalue weighted by Gasteiger charge is -2.30. The van der Waals surface area contributed by atoms with Gasteiger partial charge >= 0.3 is 0 Å². The number of aliphatic hydroxyl groups is 1. The first-order valence-electron chi connectivity index (χ1n) is 14.1. The van der Waals surface area contributed by atoms with Crippen molar-refractivity contribution < 1.29 is 19.5 Å². The van der Waals surface area contributed by atoms with Crippen LogP contribution in [-0.2, 0) is 4.79 Å². The fraction of sp³-hybridized carbons (Fsp3) is 0.767. The Morgan fingerprint density at radius 1 is 0.706 bits per heavy atom. The van der Waals surface area contributed by atoms with E-state index in [9.17, 15) is 9.90 Å². The van der Waals surface area contributed by atoms with Crippen LogP contribution in [0.3, 0.4) is 0 Å². The first-order valence-corrected chi connectivity index (χ1v) is 14.1. The Morgan fingerprint density at radius 2 is 1.06 bits per heavy atom. The molecule has 1 N–H and O–H groups in total. The summed E-state index contributed by atoms with van der Waals surface area (Å²) in [6.45, 7) is 7.36. The van der Waals surface area contributed by atoms with E-state index < -0.39 is 12.1 Å². The highest BCUT2D eigenvalue weighted by atomic mass is 16.4. The zero-order valence-electron chi connectivity index (χ0n) is 22.9. The Kier molecular flexibility index (Phi) is 21.2. The van der Waals surface area contributed by atoms with E-state index in [2.05, 4.69) is 27.9 Å². The molecule has 0 saturated carbocycles. The summed E-state index contributed by atoms with van der Waals surface area (Å²) >= 11 is 0. The van der Waals surface area contributed by atoms with Gasteiger partial charge in [0.15, 0.2) is 0 Å². The number of carboxylic acid groups (broad SMARTS) is 1. The van der Waals surface area contributed by atoms with Gasteiger partial charge in [0, 0.05) is 0 Å². The molecule has 198 valence electrons. The number of aliphatic hydroxyl groups excluding tert-OH is 1. The minimum Gasteiger partial charge on any atom is -0.547 e. The highest BCUT2D eigenvalue weighted by Crippen LogP contribution is 2.13. The van der Waals surface area contributed by atoms with Crippen molar-refractivity contribution in [3.05, 3.63) is 35.9 Å². The van der Waals surface area contributed by atoms with Crippen LogP contribution in [0.15, 0.2) is 30.3 Å². The van der Waals surface area contributed by atoms with Crippen molar-refractivity contribution in [1.29, 1.82) is 0 Å². The molecule has 0 fully saturated rings. The summed E-state index contributed by atoms with van der Waals surface area (Å²) in [5.74, 6) is -1.48. The SMILES string of the molecule is CCCCCCCCCC[N+](C)(C)CCCCCCCCCC.O=C([O-])C(O)c1ccccc1. The van der Waals surface area contributed by atoms with Crippen molar-refractivity contribution in [3.63, 3.8) is 0 Å². The molecule has 0 aliphatic heterocycles. The standard InChI is InChI=1S/C22H48N.C8H8O3/c1-5-7-9-11-13-15-17-19-21-23(3,4)22-20-18-16-14-12-10-8-6-2;9-7(8(10)11)6-4-2-1-3-5-6/h5-22H2,1-4H3;1-5,7,9H,(H,10,11)/q+1;/p-1. The van der Waals surface area contributed by atoms with Crippen molar-refractivity contribution >= 4 is 5.97 Å². The first-order chi connectivity index (χ1) is 16.3. The van der Waals surface area contributed by atoms with Gasteiger partial charge in [0.1, 0.15) is 6.10 Å². The predicted octanol–water partition coefficient (Wildman–Crippen LogP) is 6.81. The van der Waals surface area contributed by atoms with Gasteiger partial charge in [-0.1, -0.05) is 121 Å². The zero-order valence-corrected chi connectivity index (χ0v) is 22.9. The van der Waals surface area contributed by atoms with E-state index >= 15 is 0 Å². The average Bonchev–Trinajstić information content (AvgIpc) is 2.83. The molecule has 4 nitrogen and oxygen atoms in total. The molecule has 1 aromatic rings. The van der Waals surface area contributed by atoms with Crippen LogP contribution in [0.2, 0.25) is 0 Å². The molecule has 0 heterocycles. The van der Waals surface area contributed by atoms with Crippen LogP contribution in [0, 0.1) is 0 Å². The van der Waals surface area contributed by atoms with E-state index in [1.54, 1.807) is 18.2 Å². The topological polar surface area (TPSA) is 60.4 Å². The summed E-state index contributed by atoms with van der Waals surface area (Å²) in [5, 5.41) is 19.1. The van der Waals surface area contributed by atoms with Gasteiger partial charge in [-0.3, -0.25) is 0 Å². The first kappa shape index (κ1) is 32.6. The van der Waals surface area contributed by atoms with Crippen LogP contribution < -0.4 is 5.11 Å². The number of hydrogen-bond acceptors (Lipinski definition) is 3. The normalized spacial score (nSPS) is 12.1. The molecule has 1 aromatic carbocycles. The van der Waals surface area contributed by atoms with Gasteiger partial charge in [0.05, 0.1) is 33.2 Å². The Hall–Kier alpha value is -1.39. The second-order valence-electron chi connectivity index (χ2n) is 10.5. The van der Waals surface area contributed by atoms with Crippen LogP contribution in [0.25, 0.3) is 0 Å². The second-order valence-corrected chi connectivity index (χ2v) is 10.5. The van der Waals surface area contributed by atoms with E-state index in [4.69, 9.17) is 5.11 Å². The summed E-state index contributed by atoms with van der Waals surface area (Å²) in [6, 6.07) is 8.11. The minimum absolute atomic E-state index is 0.340. The Bertz CT molecular complexity index is 552. The van der Waals surface area contributed by atoms with Crippen LogP contribution in [0.4, 0.5) is 0 Å². The van der Waals surface area contributed by atoms with Gasteiger partial charge < -0.3 is 19.5 Å². The number of rotatable bonds is 20. The molecule has 1 unspecified atom stereocenters. The maximum atomic E-state index is 10.1. The number of benzene rings is 1. The Balaban J connectivity index is 0.000000818. The maximum absolute atomic E-state index is 10.1. The lowest BCUT2D eigenvalue weighted by molar-refractivity contribution is -0.890. The average molecular weight is 478 g/mol. The van der Waals surface area contributed by atoms with Crippen LogP contribution in [0.5, 0.6) is 0 Å². The number of hydrogen-bond donors (Lipinski definition) is 1. The van der Waals surface area contributed by atoms with E-state index in [1.807, 2.05) is 0 Å². The summed E-state index contributed by atoms with van der Waals surface area (Å²) < 4.78 is 1.24. The van der Waals surface area contributed by atoms with Gasteiger partial charge in [-0.05, 0) is 31.2 Å².